The third kappa shape index (κ3) is 8.58. The van der Waals surface area contributed by atoms with E-state index in [2.05, 4.69) is 58.0 Å². The van der Waals surface area contributed by atoms with Crippen molar-refractivity contribution < 1.29 is 23.6 Å². The smallest absolute Gasteiger partial charge is 0.408 e. The van der Waals surface area contributed by atoms with E-state index < -0.39 is 11.7 Å². The average Bonchev–Trinajstić information content (AvgIpc) is 3.65. The van der Waals surface area contributed by atoms with E-state index in [1.165, 1.54) is 0 Å². The zero-order valence-electron chi connectivity index (χ0n) is 28.6. The number of ether oxygens (including phenoxy) is 2. The van der Waals surface area contributed by atoms with Crippen molar-refractivity contribution in [3.63, 3.8) is 0 Å². The fraction of sp³-hybridized carbons (Fsp3) is 0.758. The van der Waals surface area contributed by atoms with Gasteiger partial charge in [-0.1, -0.05) is 32.9 Å². The van der Waals surface area contributed by atoms with Gasteiger partial charge in [-0.25, -0.2) is 14.8 Å². The van der Waals surface area contributed by atoms with Crippen molar-refractivity contribution in [2.24, 2.45) is 17.8 Å². The van der Waals surface area contributed by atoms with Gasteiger partial charge in [0, 0.05) is 45.1 Å². The van der Waals surface area contributed by atoms with Gasteiger partial charge in [-0.15, -0.1) is 0 Å². The molecule has 13 nitrogen and oxygen atoms in total. The monoisotopic (exact) mass is 640 g/mol. The largest absolute Gasteiger partial charge is 0.490 e. The van der Waals surface area contributed by atoms with Gasteiger partial charge in [0.15, 0.2) is 11.6 Å². The molecular formula is C33H52N8O5. The lowest BCUT2D eigenvalue weighted by Crippen LogP contribution is -2.55. The van der Waals surface area contributed by atoms with Crippen LogP contribution in [-0.4, -0.2) is 94.0 Å². The summed E-state index contributed by atoms with van der Waals surface area (Å²) in [4.78, 5) is 45.6. The molecule has 3 saturated heterocycles. The van der Waals surface area contributed by atoms with Crippen LogP contribution in [0.15, 0.2) is 16.9 Å². The molecule has 1 N–H and O–H groups in total. The van der Waals surface area contributed by atoms with Crippen LogP contribution in [0, 0.1) is 17.8 Å². The summed E-state index contributed by atoms with van der Waals surface area (Å²) in [6.45, 7) is 18.2. The van der Waals surface area contributed by atoms with Gasteiger partial charge >= 0.3 is 12.1 Å². The van der Waals surface area contributed by atoms with Crippen molar-refractivity contribution in [2.75, 3.05) is 49.1 Å². The second-order valence-corrected chi connectivity index (χ2v) is 14.7. The Labute approximate surface area is 272 Å². The minimum atomic E-state index is -0.615. The number of nitrogens with one attached hydrogen (secondary N) is 1. The quantitative estimate of drug-likeness (QED) is 0.388. The second-order valence-electron chi connectivity index (χ2n) is 14.7. The van der Waals surface area contributed by atoms with Crippen LogP contribution in [-0.2, 0) is 9.53 Å². The number of hydrogen-bond acceptors (Lipinski definition) is 11. The number of aromatic nitrogens is 4. The van der Waals surface area contributed by atoms with Crippen LogP contribution >= 0.6 is 0 Å². The van der Waals surface area contributed by atoms with Gasteiger partial charge in [-0.2, -0.15) is 4.98 Å². The number of rotatable bonds is 10. The molecule has 0 aromatic carbocycles. The number of nitrogens with zero attached hydrogens (tertiary/aromatic N) is 7. The number of alkyl carbamates (subject to hydrolysis) is 1. The van der Waals surface area contributed by atoms with Gasteiger partial charge in [-0.3, -0.25) is 4.79 Å². The Bertz CT molecular complexity index is 1300. The SMILES string of the molecule is CC(C)c1noc(N2CCC([C@H](C)CCOc3cnc(N4C[C@H](NC(=O)OC(C)(C)C)[C@H](N5CC[C@@H](C)CC5=O)C4)nc3)CC2)n1. The first-order valence-corrected chi connectivity index (χ1v) is 16.9. The topological polar surface area (TPSA) is 139 Å². The van der Waals surface area contributed by atoms with Crippen LogP contribution in [0.25, 0.3) is 0 Å². The molecule has 2 amide bonds. The molecule has 2 aromatic heterocycles. The van der Waals surface area contributed by atoms with Gasteiger partial charge in [0.1, 0.15) is 5.60 Å². The van der Waals surface area contributed by atoms with E-state index in [9.17, 15) is 9.59 Å². The first-order chi connectivity index (χ1) is 21.9. The molecule has 0 radical (unpaired) electrons. The molecule has 4 atom stereocenters. The second kappa shape index (κ2) is 14.4. The zero-order chi connectivity index (χ0) is 33.0. The molecule has 0 unspecified atom stereocenters. The van der Waals surface area contributed by atoms with E-state index in [4.69, 9.17) is 14.0 Å². The fourth-order valence-corrected chi connectivity index (χ4v) is 6.61. The number of likely N-dealkylation sites (tertiary alicyclic amines) is 1. The summed E-state index contributed by atoms with van der Waals surface area (Å²) in [5, 5.41) is 7.12. The highest BCUT2D eigenvalue weighted by atomic mass is 16.6. The predicted octanol–water partition coefficient (Wildman–Crippen LogP) is 4.65. The molecule has 0 bridgehead atoms. The van der Waals surface area contributed by atoms with E-state index in [1.807, 2.05) is 30.6 Å². The molecule has 3 fully saturated rings. The van der Waals surface area contributed by atoms with E-state index in [-0.39, 0.29) is 23.9 Å². The van der Waals surface area contributed by atoms with E-state index in [1.54, 1.807) is 12.4 Å². The van der Waals surface area contributed by atoms with Crippen LogP contribution in [0.2, 0.25) is 0 Å². The Hall–Kier alpha value is -3.64. The summed E-state index contributed by atoms with van der Waals surface area (Å²) >= 11 is 0. The van der Waals surface area contributed by atoms with Crippen molar-refractivity contribution in [3.8, 4) is 5.75 Å². The van der Waals surface area contributed by atoms with Crippen molar-refractivity contribution in [1.82, 2.24) is 30.3 Å². The number of carbonyl (C=O) groups is 2. The van der Waals surface area contributed by atoms with E-state index >= 15 is 0 Å². The molecule has 0 aliphatic carbocycles. The molecule has 5 heterocycles. The van der Waals surface area contributed by atoms with E-state index in [0.29, 0.717) is 68.1 Å². The van der Waals surface area contributed by atoms with Gasteiger partial charge < -0.3 is 34.0 Å². The maximum Gasteiger partial charge on any atom is 0.408 e. The zero-order valence-corrected chi connectivity index (χ0v) is 28.6. The Morgan fingerprint density at radius 1 is 1.07 bits per heavy atom. The summed E-state index contributed by atoms with van der Waals surface area (Å²) in [6, 6.07) is 0.144. The summed E-state index contributed by atoms with van der Waals surface area (Å²) < 4.78 is 17.1. The predicted molar refractivity (Wildman–Crippen MR) is 174 cm³/mol. The van der Waals surface area contributed by atoms with E-state index in [0.717, 1.165) is 44.6 Å². The number of piperidine rings is 2. The van der Waals surface area contributed by atoms with Crippen molar-refractivity contribution in [2.45, 2.75) is 104 Å². The minimum absolute atomic E-state index is 0.123. The molecule has 3 aliphatic heterocycles. The van der Waals surface area contributed by atoms with Gasteiger partial charge in [0.2, 0.25) is 11.9 Å². The molecule has 0 saturated carbocycles. The Morgan fingerprint density at radius 3 is 2.41 bits per heavy atom. The van der Waals surface area contributed by atoms with Crippen LogP contribution in [0.5, 0.6) is 5.75 Å². The van der Waals surface area contributed by atoms with Crippen LogP contribution < -0.4 is 19.9 Å². The molecule has 2 aromatic rings. The summed E-state index contributed by atoms with van der Waals surface area (Å²) in [5.74, 6) is 3.81. The van der Waals surface area contributed by atoms with Crippen molar-refractivity contribution in [1.29, 1.82) is 0 Å². The average molecular weight is 641 g/mol. The van der Waals surface area contributed by atoms with Crippen molar-refractivity contribution >= 4 is 24.0 Å². The maximum atomic E-state index is 13.0. The summed E-state index contributed by atoms with van der Waals surface area (Å²) in [5.41, 5.74) is -0.615. The van der Waals surface area contributed by atoms with Gasteiger partial charge in [0.25, 0.3) is 0 Å². The molecule has 13 heteroatoms. The lowest BCUT2D eigenvalue weighted by atomic mass is 9.84. The fourth-order valence-electron chi connectivity index (χ4n) is 6.61. The minimum Gasteiger partial charge on any atom is -0.490 e. The lowest BCUT2D eigenvalue weighted by molar-refractivity contribution is -0.137. The summed E-state index contributed by atoms with van der Waals surface area (Å²) in [7, 11) is 0. The Morgan fingerprint density at radius 2 is 1.78 bits per heavy atom. The van der Waals surface area contributed by atoms with Crippen LogP contribution in [0.3, 0.4) is 0 Å². The van der Waals surface area contributed by atoms with Gasteiger partial charge in [-0.05, 0) is 64.2 Å². The molecule has 5 rings (SSSR count). The summed E-state index contributed by atoms with van der Waals surface area (Å²) in [6.07, 6.45) is 7.51. The molecular weight excluding hydrogens is 588 g/mol. The first kappa shape index (κ1) is 33.7. The third-order valence-corrected chi connectivity index (χ3v) is 9.40. The number of hydrogen-bond donors (Lipinski definition) is 1. The third-order valence-electron chi connectivity index (χ3n) is 9.40. The number of amides is 2. The Balaban J connectivity index is 1.11. The van der Waals surface area contributed by atoms with Crippen LogP contribution in [0.1, 0.15) is 92.3 Å². The standard InChI is InChI=1S/C33H52N8O5/c1-21(2)29-37-31(46-38-29)39-12-9-24(10-13-39)23(4)11-15-44-25-17-34-30(35-18-25)40-19-26(36-32(43)45-33(5,6)7)27(20-40)41-14-8-22(3)16-28(41)42/h17-18,21-24,26-27H,8-16,19-20H2,1-7H3,(H,36,43)/t22-,23-,26+,27-/m1/s1. The highest BCUT2D eigenvalue weighted by molar-refractivity contribution is 5.78. The molecule has 46 heavy (non-hydrogen) atoms. The first-order valence-electron chi connectivity index (χ1n) is 16.9. The van der Waals surface area contributed by atoms with Gasteiger partial charge in [0.05, 0.1) is 31.1 Å². The Kier molecular flexibility index (Phi) is 10.6. The molecule has 254 valence electrons. The highest BCUT2D eigenvalue weighted by Gasteiger charge is 2.42. The normalized spacial score (nSPS) is 23.6. The molecule has 3 aliphatic rings. The lowest BCUT2D eigenvalue weighted by Gasteiger charge is -2.37. The van der Waals surface area contributed by atoms with Crippen molar-refractivity contribution in [3.05, 3.63) is 18.2 Å². The molecule has 0 spiro atoms. The number of anilines is 2. The van der Waals surface area contributed by atoms with Crippen LogP contribution in [0.4, 0.5) is 16.8 Å². The highest BCUT2D eigenvalue weighted by Crippen LogP contribution is 2.30. The maximum absolute atomic E-state index is 13.0. The number of carbonyl (C=O) groups excluding carboxylic acids is 2.